The number of anilines is 2. The van der Waals surface area contributed by atoms with Gasteiger partial charge in [0.05, 0.1) is 19.8 Å². The second kappa shape index (κ2) is 16.4. The molecule has 1 aliphatic rings. The summed E-state index contributed by atoms with van der Waals surface area (Å²) < 4.78 is 11.2. The first-order chi connectivity index (χ1) is 19.7. The summed E-state index contributed by atoms with van der Waals surface area (Å²) in [6.45, 7) is 2.90. The molecule has 0 radical (unpaired) electrons. The number of unbranched alkanes of at least 4 members (excludes halogenated alkanes) is 3. The molecule has 3 rings (SSSR count). The zero-order valence-electron chi connectivity index (χ0n) is 25.9. The average molecular weight is 604 g/mol. The minimum atomic E-state index is -1.22. The molecule has 0 unspecified atom stereocenters. The zero-order valence-corrected chi connectivity index (χ0v) is 27.5. The third-order valence-corrected chi connectivity index (χ3v) is 10.6. The summed E-state index contributed by atoms with van der Waals surface area (Å²) in [5.74, 6) is 0.785. The lowest BCUT2D eigenvalue weighted by atomic mass is 9.95. The van der Waals surface area contributed by atoms with Crippen molar-refractivity contribution in [1.29, 1.82) is 0 Å². The molecular weight excluding hydrogens is 554 g/mol. The molecule has 0 spiro atoms. The molecule has 2 aromatic carbocycles. The Morgan fingerprint density at radius 3 is 1.95 bits per heavy atom. The normalized spacial score (nSPS) is 14.2. The van der Waals surface area contributed by atoms with Gasteiger partial charge in [-0.1, -0.05) is 31.1 Å². The van der Waals surface area contributed by atoms with E-state index in [-0.39, 0.29) is 5.91 Å². The van der Waals surface area contributed by atoms with E-state index in [1.54, 1.807) is 0 Å². The van der Waals surface area contributed by atoms with Crippen LogP contribution in [0.25, 0.3) is 5.57 Å². The van der Waals surface area contributed by atoms with Crippen LogP contribution in [0, 0.1) is 0 Å². The Hall–Kier alpha value is -2.19. The predicted molar refractivity (Wildman–Crippen MR) is 178 cm³/mol. The first-order valence-corrected chi connectivity index (χ1v) is 17.7. The number of nitrogens with zero attached hydrogens (tertiary/aromatic N) is 2. The number of amides is 1. The van der Waals surface area contributed by atoms with Gasteiger partial charge in [0, 0.05) is 74.8 Å². The Morgan fingerprint density at radius 2 is 1.39 bits per heavy atom. The van der Waals surface area contributed by atoms with E-state index in [1.165, 1.54) is 37.9 Å². The first kappa shape index (κ1) is 33.3. The zero-order chi connectivity index (χ0) is 29.8. The van der Waals surface area contributed by atoms with Crippen molar-refractivity contribution < 1.29 is 14.3 Å². The Morgan fingerprint density at radius 1 is 0.829 bits per heavy atom. The van der Waals surface area contributed by atoms with E-state index in [2.05, 4.69) is 98.3 Å². The number of rotatable bonds is 17. The SMILES string of the molecule is CN(C)c1ccc2c(c1)S(C)(C)c1cc(N(C)C)ccc1C2=CCCC(=O)NCCOCCOCCCCCCCl. The van der Waals surface area contributed by atoms with Gasteiger partial charge in [-0.2, -0.15) is 10.0 Å². The predicted octanol–water partition coefficient (Wildman–Crippen LogP) is 6.77. The fourth-order valence-electron chi connectivity index (χ4n) is 5.02. The third-order valence-electron chi connectivity index (χ3n) is 7.48. The fourth-order valence-corrected chi connectivity index (χ4v) is 7.74. The van der Waals surface area contributed by atoms with Crippen molar-refractivity contribution in [3.63, 3.8) is 0 Å². The van der Waals surface area contributed by atoms with E-state index in [0.29, 0.717) is 39.2 Å². The minimum Gasteiger partial charge on any atom is -0.379 e. The second-order valence-corrected chi connectivity index (χ2v) is 15.2. The summed E-state index contributed by atoms with van der Waals surface area (Å²) in [5, 5.41) is 2.99. The van der Waals surface area contributed by atoms with Crippen LogP contribution in [-0.2, 0) is 14.3 Å². The van der Waals surface area contributed by atoms with E-state index in [9.17, 15) is 4.79 Å². The van der Waals surface area contributed by atoms with Gasteiger partial charge in [0.1, 0.15) is 0 Å². The summed E-state index contributed by atoms with van der Waals surface area (Å²) in [7, 11) is 7.14. The third kappa shape index (κ3) is 9.40. The topological polar surface area (TPSA) is 54.0 Å². The van der Waals surface area contributed by atoms with Crippen LogP contribution in [0.3, 0.4) is 0 Å². The number of hydrogen-bond donors (Lipinski definition) is 1. The number of nitrogens with one attached hydrogen (secondary N) is 1. The lowest BCUT2D eigenvalue weighted by Crippen LogP contribution is -2.27. The molecule has 41 heavy (non-hydrogen) atoms. The van der Waals surface area contributed by atoms with Crippen molar-refractivity contribution in [3.8, 4) is 0 Å². The van der Waals surface area contributed by atoms with Crippen molar-refractivity contribution in [2.24, 2.45) is 0 Å². The second-order valence-electron chi connectivity index (χ2n) is 11.3. The van der Waals surface area contributed by atoms with Crippen LogP contribution >= 0.6 is 21.6 Å². The van der Waals surface area contributed by atoms with E-state index in [0.717, 1.165) is 38.2 Å². The summed E-state index contributed by atoms with van der Waals surface area (Å²) >= 11 is 5.69. The molecule has 0 atom stereocenters. The van der Waals surface area contributed by atoms with Gasteiger partial charge in [-0.25, -0.2) is 0 Å². The molecule has 0 fully saturated rings. The van der Waals surface area contributed by atoms with E-state index < -0.39 is 10.0 Å². The van der Waals surface area contributed by atoms with E-state index >= 15 is 0 Å². The highest BCUT2D eigenvalue weighted by Crippen LogP contribution is 2.65. The fraction of sp³-hybridized carbons (Fsp3) is 0.545. The lowest BCUT2D eigenvalue weighted by Gasteiger charge is -2.42. The number of carbonyl (C=O) groups excluding carboxylic acids is 1. The van der Waals surface area contributed by atoms with Crippen LogP contribution in [-0.4, -0.2) is 85.5 Å². The first-order valence-electron chi connectivity index (χ1n) is 14.7. The van der Waals surface area contributed by atoms with Gasteiger partial charge < -0.3 is 24.6 Å². The summed E-state index contributed by atoms with van der Waals surface area (Å²) in [4.78, 5) is 19.7. The molecule has 0 saturated carbocycles. The van der Waals surface area contributed by atoms with Crippen molar-refractivity contribution in [2.75, 3.05) is 89.4 Å². The summed E-state index contributed by atoms with van der Waals surface area (Å²) in [5.41, 5.74) is 6.22. The highest BCUT2D eigenvalue weighted by Gasteiger charge is 2.32. The van der Waals surface area contributed by atoms with Crippen LogP contribution in [0.2, 0.25) is 0 Å². The maximum atomic E-state index is 12.6. The highest BCUT2D eigenvalue weighted by atomic mass is 35.5. The Labute approximate surface area is 254 Å². The number of alkyl halides is 1. The lowest BCUT2D eigenvalue weighted by molar-refractivity contribution is -0.121. The molecule has 1 aliphatic heterocycles. The Bertz CT molecular complexity index is 1100. The minimum absolute atomic E-state index is 0.0479. The van der Waals surface area contributed by atoms with Gasteiger partial charge in [0.15, 0.2) is 0 Å². The van der Waals surface area contributed by atoms with Crippen LogP contribution in [0.15, 0.2) is 52.3 Å². The van der Waals surface area contributed by atoms with Gasteiger partial charge in [0.2, 0.25) is 5.91 Å². The average Bonchev–Trinajstić information content (AvgIpc) is 2.95. The molecule has 1 N–H and O–H groups in total. The standard InChI is InChI=1S/C33H50ClN3O3S/c1-36(2)26-14-16-29-28(30-17-15-27(37(3)4)25-32(30)41(5,6)31(29)24-26)12-11-13-33(38)35-19-21-40-23-22-39-20-10-8-7-9-18-34/h12,14-17,24-25H,7-11,13,18-23H2,1-6H3,(H,35,38). The molecule has 0 saturated heterocycles. The Kier molecular flexibility index (Phi) is 13.4. The van der Waals surface area contributed by atoms with Gasteiger partial charge >= 0.3 is 0 Å². The molecule has 1 heterocycles. The van der Waals surface area contributed by atoms with Crippen molar-refractivity contribution in [2.45, 2.75) is 48.3 Å². The van der Waals surface area contributed by atoms with Gasteiger partial charge in [-0.3, -0.25) is 4.79 Å². The molecule has 0 aliphatic carbocycles. The number of carbonyl (C=O) groups is 1. The molecule has 8 heteroatoms. The quantitative estimate of drug-likeness (QED) is 0.160. The van der Waals surface area contributed by atoms with Crippen molar-refractivity contribution >= 4 is 44.5 Å². The van der Waals surface area contributed by atoms with Gasteiger partial charge in [-0.05, 0) is 72.7 Å². The van der Waals surface area contributed by atoms with Crippen LogP contribution in [0.5, 0.6) is 0 Å². The largest absolute Gasteiger partial charge is 0.379 e. The maximum absolute atomic E-state index is 12.6. The number of ether oxygens (including phenoxy) is 2. The van der Waals surface area contributed by atoms with Crippen LogP contribution in [0.4, 0.5) is 11.4 Å². The van der Waals surface area contributed by atoms with E-state index in [4.69, 9.17) is 21.1 Å². The number of hydrogen-bond acceptors (Lipinski definition) is 5. The maximum Gasteiger partial charge on any atom is 0.220 e. The molecule has 2 aromatic rings. The molecule has 1 amide bonds. The highest BCUT2D eigenvalue weighted by molar-refractivity contribution is 8.32. The van der Waals surface area contributed by atoms with Crippen LogP contribution in [0.1, 0.15) is 49.7 Å². The van der Waals surface area contributed by atoms with Gasteiger partial charge in [0.25, 0.3) is 0 Å². The number of fused-ring (bicyclic) bond motifs is 2. The number of benzene rings is 2. The van der Waals surface area contributed by atoms with Crippen molar-refractivity contribution in [1.82, 2.24) is 5.32 Å². The number of halogens is 1. The van der Waals surface area contributed by atoms with Crippen LogP contribution < -0.4 is 15.1 Å². The van der Waals surface area contributed by atoms with E-state index in [1.807, 2.05) is 0 Å². The molecular formula is C33H50ClN3O3S. The molecule has 6 nitrogen and oxygen atoms in total. The smallest absolute Gasteiger partial charge is 0.220 e. The summed E-state index contributed by atoms with van der Waals surface area (Å²) in [6.07, 6.45) is 12.6. The Balaban J connectivity index is 1.55. The van der Waals surface area contributed by atoms with Crippen molar-refractivity contribution in [3.05, 3.63) is 53.6 Å². The molecule has 0 bridgehead atoms. The number of allylic oxidation sites excluding steroid dienone is 1. The van der Waals surface area contributed by atoms with Gasteiger partial charge in [-0.15, -0.1) is 11.6 Å². The molecule has 0 aromatic heterocycles. The molecule has 228 valence electrons. The summed E-state index contributed by atoms with van der Waals surface area (Å²) in [6, 6.07) is 13.6. The monoisotopic (exact) mass is 603 g/mol.